The molecular weight excluding hydrogens is 542 g/mol. The van der Waals surface area contributed by atoms with Gasteiger partial charge in [-0.2, -0.15) is 0 Å². The fourth-order valence-corrected chi connectivity index (χ4v) is 6.74. The number of amidine groups is 1. The van der Waals surface area contributed by atoms with Crippen molar-refractivity contribution in [1.29, 1.82) is 5.41 Å². The van der Waals surface area contributed by atoms with Crippen LogP contribution in [0.1, 0.15) is 5.69 Å². The summed E-state index contributed by atoms with van der Waals surface area (Å²) in [4.78, 5) is 34.0. The van der Waals surface area contributed by atoms with E-state index in [1.807, 2.05) is 4.31 Å². The molecule has 1 aliphatic heterocycles. The Labute approximate surface area is 227 Å². The van der Waals surface area contributed by atoms with Crippen LogP contribution in [0.15, 0.2) is 75.4 Å². The van der Waals surface area contributed by atoms with Gasteiger partial charge in [-0.3, -0.25) is 24.3 Å². The highest BCUT2D eigenvalue weighted by molar-refractivity contribution is 8.02. The van der Waals surface area contributed by atoms with Gasteiger partial charge in [0, 0.05) is 25.2 Å². The third-order valence-electron chi connectivity index (χ3n) is 6.16. The summed E-state index contributed by atoms with van der Waals surface area (Å²) >= 11 is 1.25. The van der Waals surface area contributed by atoms with Crippen LogP contribution in [0.4, 0.5) is 5.69 Å². The molecular formula is C25H23N7O5S2. The van der Waals surface area contributed by atoms with Crippen molar-refractivity contribution < 1.29 is 18.3 Å². The van der Waals surface area contributed by atoms with Gasteiger partial charge >= 0.3 is 5.97 Å². The highest BCUT2D eigenvalue weighted by atomic mass is 32.2. The average molecular weight is 566 g/mol. The zero-order valence-corrected chi connectivity index (χ0v) is 22.2. The molecule has 12 nitrogen and oxygen atoms in total. The van der Waals surface area contributed by atoms with E-state index >= 15 is 0 Å². The van der Waals surface area contributed by atoms with Gasteiger partial charge in [-0.05, 0) is 42.3 Å². The van der Waals surface area contributed by atoms with Crippen LogP contribution in [0.5, 0.6) is 0 Å². The van der Waals surface area contributed by atoms with Crippen molar-refractivity contribution >= 4 is 61.4 Å². The van der Waals surface area contributed by atoms with Crippen molar-refractivity contribution in [2.45, 2.75) is 11.4 Å². The number of benzene rings is 2. The van der Waals surface area contributed by atoms with Crippen molar-refractivity contribution in [3.8, 4) is 0 Å². The first-order chi connectivity index (χ1) is 18.6. The Balaban J connectivity index is 1.58. The first-order valence-corrected chi connectivity index (χ1v) is 13.8. The number of rotatable bonds is 8. The van der Waals surface area contributed by atoms with Gasteiger partial charge in [0.05, 0.1) is 33.7 Å². The number of anilines is 1. The lowest BCUT2D eigenvalue weighted by Gasteiger charge is -2.24. The summed E-state index contributed by atoms with van der Waals surface area (Å²) in [6.07, 6.45) is 3.26. The minimum Gasteiger partial charge on any atom is -0.480 e. The lowest BCUT2D eigenvalue weighted by molar-refractivity contribution is -0.135. The highest BCUT2D eigenvalue weighted by Crippen LogP contribution is 2.31. The third-order valence-corrected chi connectivity index (χ3v) is 9.08. The summed E-state index contributed by atoms with van der Waals surface area (Å²) in [5.41, 5.74) is 6.49. The second-order valence-corrected chi connectivity index (χ2v) is 11.7. The van der Waals surface area contributed by atoms with E-state index < -0.39 is 22.5 Å². The lowest BCUT2D eigenvalue weighted by atomic mass is 10.2. The van der Waals surface area contributed by atoms with Crippen LogP contribution < -0.4 is 15.6 Å². The summed E-state index contributed by atoms with van der Waals surface area (Å²) in [7, 11) is -2.78. The molecule has 4 N–H and O–H groups in total. The van der Waals surface area contributed by atoms with Crippen LogP contribution >= 0.6 is 11.9 Å². The minimum atomic E-state index is -4.36. The molecule has 1 aliphatic rings. The summed E-state index contributed by atoms with van der Waals surface area (Å²) in [5, 5.41) is 17.8. The van der Waals surface area contributed by atoms with Gasteiger partial charge in [-0.1, -0.05) is 24.3 Å². The Bertz CT molecular complexity index is 1850. The monoisotopic (exact) mass is 565 g/mol. The molecule has 14 heteroatoms. The largest absolute Gasteiger partial charge is 0.480 e. The second-order valence-electron chi connectivity index (χ2n) is 8.73. The van der Waals surface area contributed by atoms with Crippen molar-refractivity contribution in [1.82, 2.24) is 18.8 Å². The number of nitrogens with two attached hydrogens (primary N) is 1. The van der Waals surface area contributed by atoms with E-state index in [-0.39, 0.29) is 39.7 Å². The summed E-state index contributed by atoms with van der Waals surface area (Å²) in [5.74, 6) is -1.41. The maximum Gasteiger partial charge on any atom is 0.324 e. The number of aryl methyl sites for hydroxylation is 1. The number of nitrogens with zero attached hydrogens (tertiary/aromatic N) is 5. The van der Waals surface area contributed by atoms with Gasteiger partial charge < -0.3 is 15.4 Å². The number of carboxylic acids is 1. The molecule has 5 rings (SSSR count). The number of aliphatic carboxylic acids is 1. The van der Waals surface area contributed by atoms with Crippen molar-refractivity contribution in [3.63, 3.8) is 0 Å². The fraction of sp³-hybridized carbons (Fsp3) is 0.160. The number of sulfonamides is 1. The van der Waals surface area contributed by atoms with Gasteiger partial charge in [0.2, 0.25) is 0 Å². The van der Waals surface area contributed by atoms with Gasteiger partial charge in [-0.15, -0.1) is 0 Å². The number of hydrogen-bond donors (Lipinski definition) is 3. The van der Waals surface area contributed by atoms with E-state index in [0.29, 0.717) is 27.9 Å². The van der Waals surface area contributed by atoms with Crippen molar-refractivity contribution in [3.05, 3.63) is 81.8 Å². The number of carbonyl (C=O) groups is 1. The number of pyridine rings is 1. The van der Waals surface area contributed by atoms with Gasteiger partial charge in [-0.25, -0.2) is 17.7 Å². The van der Waals surface area contributed by atoms with Gasteiger partial charge in [0.25, 0.3) is 15.6 Å². The summed E-state index contributed by atoms with van der Waals surface area (Å²) in [6, 6.07) is 12.5. The van der Waals surface area contributed by atoms with Crippen LogP contribution in [-0.4, -0.2) is 57.3 Å². The molecule has 0 aliphatic carbocycles. The van der Waals surface area contributed by atoms with E-state index in [9.17, 15) is 23.1 Å². The Morgan fingerprint density at radius 3 is 2.72 bits per heavy atom. The summed E-state index contributed by atoms with van der Waals surface area (Å²) < 4.78 is 31.7. The minimum absolute atomic E-state index is 0.0624. The lowest BCUT2D eigenvalue weighted by Crippen LogP contribution is -2.36. The molecule has 39 heavy (non-hydrogen) atoms. The molecule has 4 aromatic rings. The van der Waals surface area contributed by atoms with Crippen LogP contribution in [0.3, 0.4) is 0 Å². The molecule has 0 bridgehead atoms. The second kappa shape index (κ2) is 10.1. The number of para-hydroxylation sites is 1. The van der Waals surface area contributed by atoms with Crippen LogP contribution in [0, 0.1) is 5.41 Å². The number of aromatic nitrogens is 3. The molecule has 0 spiro atoms. The van der Waals surface area contributed by atoms with Crippen LogP contribution in [0.25, 0.3) is 21.9 Å². The number of hydrogen-bond acceptors (Lipinski definition) is 9. The molecule has 0 fully saturated rings. The zero-order valence-electron chi connectivity index (χ0n) is 20.6. The first kappa shape index (κ1) is 26.3. The molecule has 2 aromatic carbocycles. The number of fused-ring (bicyclic) bond motifs is 2. The zero-order chi connectivity index (χ0) is 27.9. The van der Waals surface area contributed by atoms with E-state index in [1.54, 1.807) is 37.4 Å². The Morgan fingerprint density at radius 1 is 1.23 bits per heavy atom. The quantitative estimate of drug-likeness (QED) is 0.163. The molecule has 200 valence electrons. The molecule has 0 radical (unpaired) electrons. The molecule has 0 amide bonds. The van der Waals surface area contributed by atoms with E-state index in [1.165, 1.54) is 47.0 Å². The first-order valence-electron chi connectivity index (χ1n) is 11.6. The molecule has 0 saturated heterocycles. The third kappa shape index (κ3) is 4.96. The normalized spacial score (nSPS) is 14.0. The predicted molar refractivity (Wildman–Crippen MR) is 149 cm³/mol. The van der Waals surface area contributed by atoms with Crippen molar-refractivity contribution in [2.24, 2.45) is 12.8 Å². The summed E-state index contributed by atoms with van der Waals surface area (Å²) in [6.45, 7) is -0.213. The molecule has 2 aromatic heterocycles. The number of carboxylic acid groups (broad SMARTS) is 1. The Morgan fingerprint density at radius 2 is 2.00 bits per heavy atom. The fourth-order valence-electron chi connectivity index (χ4n) is 4.30. The van der Waals surface area contributed by atoms with Gasteiger partial charge in [0.15, 0.2) is 0 Å². The smallest absolute Gasteiger partial charge is 0.324 e. The highest BCUT2D eigenvalue weighted by Gasteiger charge is 2.30. The van der Waals surface area contributed by atoms with Crippen LogP contribution in [0.2, 0.25) is 0 Å². The molecule has 0 saturated carbocycles. The standard InChI is InChI=1S/C25H23N7O5S2/c1-30-19-8-7-16(12-17(19)29-18(25(30)35)13-31-11-9-20(38-31)24(26)27)32(14-22(33)34)39(36,37)21-6-2-4-15-5-3-10-28-23(15)21/h2-10,12H,11,13-14H2,1H3,(H3,26,27)(H,33,34). The van der Waals surface area contributed by atoms with Gasteiger partial charge in [0.1, 0.15) is 23.0 Å². The topological polar surface area (TPSA) is 176 Å². The Kier molecular flexibility index (Phi) is 6.84. The van der Waals surface area contributed by atoms with E-state index in [4.69, 9.17) is 11.1 Å². The van der Waals surface area contributed by atoms with Crippen molar-refractivity contribution in [2.75, 3.05) is 17.4 Å². The van der Waals surface area contributed by atoms with E-state index in [2.05, 4.69) is 9.97 Å². The molecule has 0 unspecified atom stereocenters. The predicted octanol–water partition coefficient (Wildman–Crippen LogP) is 2.05. The van der Waals surface area contributed by atoms with E-state index in [0.717, 1.165) is 4.31 Å². The SMILES string of the molecule is Cn1c(=O)c(CN2CC=C(C(=N)N)S2)nc2cc(N(CC(=O)O)S(=O)(=O)c3cccc4cccnc34)ccc21. The molecule has 3 heterocycles. The molecule has 0 atom stereocenters. The maximum atomic E-state index is 13.8. The maximum absolute atomic E-state index is 13.8. The Hall–Kier alpha value is -4.27. The average Bonchev–Trinajstić information content (AvgIpc) is 3.38. The number of nitrogens with one attached hydrogen (secondary N) is 1. The van der Waals surface area contributed by atoms with Crippen LogP contribution in [-0.2, 0) is 28.4 Å².